The van der Waals surface area contributed by atoms with Gasteiger partial charge in [0.15, 0.2) is 5.03 Å². The summed E-state index contributed by atoms with van der Waals surface area (Å²) in [5.41, 5.74) is 1.60. The lowest BCUT2D eigenvalue weighted by molar-refractivity contribution is -0.131. The highest BCUT2D eigenvalue weighted by molar-refractivity contribution is 7.91. The normalized spacial score (nSPS) is 12.3. The van der Waals surface area contributed by atoms with Gasteiger partial charge in [-0.15, -0.1) is 0 Å². The number of ether oxygens (including phenoxy) is 1. The van der Waals surface area contributed by atoms with E-state index in [0.29, 0.717) is 24.5 Å². The number of halogens is 1. The number of nitrogens with zero attached hydrogens (tertiary/aromatic N) is 1. The first kappa shape index (κ1) is 23.9. The van der Waals surface area contributed by atoms with E-state index in [0.717, 1.165) is 11.1 Å². The first-order valence-corrected chi connectivity index (χ1v) is 11.7. The Balaban J connectivity index is 1.54. The molecule has 0 aliphatic carbocycles. The van der Waals surface area contributed by atoms with Gasteiger partial charge in [-0.05, 0) is 66.6 Å². The number of rotatable bonds is 9. The van der Waals surface area contributed by atoms with Gasteiger partial charge in [0.2, 0.25) is 9.84 Å². The standard InChI is InChI=1S/C23H23ClN2O5S/c1-16(27)31-20-6-8-21(9-7-20)32(29,30)23-10-5-17(14-26-23)11-12-25-15-22(28)18-3-2-4-19(24)13-18/h2-10,13-14,22,25,28H,11-12,15H2,1H3/t22-/m1/s1. The summed E-state index contributed by atoms with van der Waals surface area (Å²) >= 11 is 5.94. The largest absolute Gasteiger partial charge is 0.427 e. The molecule has 0 saturated carbocycles. The number of aliphatic hydroxyl groups is 1. The number of aromatic nitrogens is 1. The molecule has 3 aromatic rings. The van der Waals surface area contributed by atoms with Crippen molar-refractivity contribution in [3.05, 3.63) is 83.0 Å². The summed E-state index contributed by atoms with van der Waals surface area (Å²) in [6.45, 7) is 2.22. The Morgan fingerprint density at radius 2 is 1.91 bits per heavy atom. The molecule has 3 rings (SSSR count). The van der Waals surface area contributed by atoms with E-state index in [9.17, 15) is 18.3 Å². The van der Waals surface area contributed by atoms with Crippen LogP contribution in [0.3, 0.4) is 0 Å². The van der Waals surface area contributed by atoms with Crippen molar-refractivity contribution in [3.63, 3.8) is 0 Å². The third kappa shape index (κ3) is 6.37. The van der Waals surface area contributed by atoms with Crippen LogP contribution in [0.5, 0.6) is 5.75 Å². The Bertz CT molecular complexity index is 1170. The van der Waals surface area contributed by atoms with Gasteiger partial charge in [-0.2, -0.15) is 0 Å². The van der Waals surface area contributed by atoms with E-state index in [4.69, 9.17) is 16.3 Å². The van der Waals surface area contributed by atoms with E-state index in [1.165, 1.54) is 43.5 Å². The fourth-order valence-corrected chi connectivity index (χ4v) is 4.37. The lowest BCUT2D eigenvalue weighted by Crippen LogP contribution is -2.23. The summed E-state index contributed by atoms with van der Waals surface area (Å²) < 4.78 is 30.4. The van der Waals surface area contributed by atoms with Crippen molar-refractivity contribution in [2.24, 2.45) is 0 Å². The molecule has 168 valence electrons. The number of sulfone groups is 1. The van der Waals surface area contributed by atoms with Gasteiger partial charge in [-0.3, -0.25) is 4.79 Å². The lowest BCUT2D eigenvalue weighted by Gasteiger charge is -2.12. The predicted octanol–water partition coefficient (Wildman–Crippen LogP) is 3.36. The zero-order chi connectivity index (χ0) is 23.1. The van der Waals surface area contributed by atoms with Crippen molar-refractivity contribution in [3.8, 4) is 5.75 Å². The van der Waals surface area contributed by atoms with Crippen LogP contribution in [0.25, 0.3) is 0 Å². The summed E-state index contributed by atoms with van der Waals surface area (Å²) in [7, 11) is -3.78. The van der Waals surface area contributed by atoms with Crippen molar-refractivity contribution in [2.45, 2.75) is 29.4 Å². The van der Waals surface area contributed by atoms with E-state index < -0.39 is 21.9 Å². The minimum absolute atomic E-state index is 0.0605. The number of carbonyl (C=O) groups is 1. The molecule has 0 saturated heterocycles. The lowest BCUT2D eigenvalue weighted by atomic mass is 10.1. The third-order valence-corrected chi connectivity index (χ3v) is 6.55. The summed E-state index contributed by atoms with van der Waals surface area (Å²) in [6, 6.07) is 15.8. The van der Waals surface area contributed by atoms with E-state index in [2.05, 4.69) is 10.3 Å². The summed E-state index contributed by atoms with van der Waals surface area (Å²) in [5, 5.41) is 13.9. The number of hydrogen-bond acceptors (Lipinski definition) is 7. The first-order chi connectivity index (χ1) is 15.3. The van der Waals surface area contributed by atoms with Crippen LogP contribution in [0, 0.1) is 0 Å². The topological polar surface area (TPSA) is 106 Å². The van der Waals surface area contributed by atoms with E-state index in [1.54, 1.807) is 24.3 Å². The minimum atomic E-state index is -3.78. The second kappa shape index (κ2) is 10.7. The fraction of sp³-hybridized carbons (Fsp3) is 0.217. The first-order valence-electron chi connectivity index (χ1n) is 9.88. The molecule has 2 aromatic carbocycles. The van der Waals surface area contributed by atoms with E-state index in [-0.39, 0.29) is 15.7 Å². The average Bonchev–Trinajstić information content (AvgIpc) is 2.77. The van der Waals surface area contributed by atoms with Gasteiger partial charge in [0, 0.05) is 24.7 Å². The van der Waals surface area contributed by atoms with Crippen LogP contribution in [0.1, 0.15) is 24.2 Å². The fourth-order valence-electron chi connectivity index (χ4n) is 2.99. The van der Waals surface area contributed by atoms with Crippen LogP contribution in [0.15, 0.2) is 76.8 Å². The van der Waals surface area contributed by atoms with Crippen LogP contribution in [0.4, 0.5) is 0 Å². The van der Waals surface area contributed by atoms with Crippen molar-refractivity contribution in [1.29, 1.82) is 0 Å². The molecular weight excluding hydrogens is 452 g/mol. The molecule has 0 aliphatic rings. The number of aliphatic hydroxyl groups excluding tert-OH is 1. The van der Waals surface area contributed by atoms with E-state index in [1.807, 2.05) is 6.07 Å². The van der Waals surface area contributed by atoms with Gasteiger partial charge in [0.05, 0.1) is 11.0 Å². The Morgan fingerprint density at radius 1 is 1.16 bits per heavy atom. The van der Waals surface area contributed by atoms with Gasteiger partial charge < -0.3 is 15.2 Å². The number of benzene rings is 2. The molecule has 32 heavy (non-hydrogen) atoms. The maximum absolute atomic E-state index is 12.8. The van der Waals surface area contributed by atoms with Gasteiger partial charge in [0.25, 0.3) is 0 Å². The summed E-state index contributed by atoms with van der Waals surface area (Å²) in [4.78, 5) is 15.1. The molecule has 0 spiro atoms. The smallest absolute Gasteiger partial charge is 0.308 e. The van der Waals surface area contributed by atoms with Crippen LogP contribution >= 0.6 is 11.6 Å². The molecule has 0 fully saturated rings. The number of nitrogens with one attached hydrogen (secondary N) is 1. The third-order valence-electron chi connectivity index (χ3n) is 4.63. The van der Waals surface area contributed by atoms with Gasteiger partial charge >= 0.3 is 5.97 Å². The monoisotopic (exact) mass is 474 g/mol. The van der Waals surface area contributed by atoms with Crippen LogP contribution in [-0.2, 0) is 21.1 Å². The molecule has 0 radical (unpaired) electrons. The second-order valence-corrected chi connectivity index (χ2v) is 9.43. The average molecular weight is 475 g/mol. The Hall–Kier alpha value is -2.78. The maximum Gasteiger partial charge on any atom is 0.308 e. The van der Waals surface area contributed by atoms with Crippen molar-refractivity contribution >= 4 is 27.4 Å². The van der Waals surface area contributed by atoms with Crippen molar-refractivity contribution in [2.75, 3.05) is 13.1 Å². The van der Waals surface area contributed by atoms with Crippen molar-refractivity contribution in [1.82, 2.24) is 10.3 Å². The van der Waals surface area contributed by atoms with Gasteiger partial charge in [0.1, 0.15) is 5.75 Å². The molecule has 1 heterocycles. The Kier molecular flexibility index (Phi) is 7.98. The Morgan fingerprint density at radius 3 is 2.53 bits per heavy atom. The number of pyridine rings is 1. The summed E-state index contributed by atoms with van der Waals surface area (Å²) in [5.74, 6) is -0.209. The molecule has 2 N–H and O–H groups in total. The minimum Gasteiger partial charge on any atom is -0.427 e. The van der Waals surface area contributed by atoms with Crippen LogP contribution in [-0.4, -0.2) is 37.6 Å². The summed E-state index contributed by atoms with van der Waals surface area (Å²) in [6.07, 6.45) is 1.47. The molecule has 0 unspecified atom stereocenters. The molecular formula is C23H23ClN2O5S. The molecule has 7 nitrogen and oxygen atoms in total. The molecule has 0 amide bonds. The highest BCUT2D eigenvalue weighted by Crippen LogP contribution is 2.22. The van der Waals surface area contributed by atoms with Crippen molar-refractivity contribution < 1.29 is 23.1 Å². The molecule has 9 heteroatoms. The molecule has 1 aromatic heterocycles. The zero-order valence-electron chi connectivity index (χ0n) is 17.4. The number of hydrogen-bond donors (Lipinski definition) is 2. The maximum atomic E-state index is 12.8. The molecule has 1 atom stereocenters. The highest BCUT2D eigenvalue weighted by Gasteiger charge is 2.19. The number of esters is 1. The van der Waals surface area contributed by atoms with E-state index >= 15 is 0 Å². The predicted molar refractivity (Wildman–Crippen MR) is 120 cm³/mol. The van der Waals surface area contributed by atoms with Crippen LogP contribution in [0.2, 0.25) is 5.02 Å². The van der Waals surface area contributed by atoms with Gasteiger partial charge in [-0.25, -0.2) is 13.4 Å². The number of carbonyl (C=O) groups excluding carboxylic acids is 1. The highest BCUT2D eigenvalue weighted by atomic mass is 35.5. The SMILES string of the molecule is CC(=O)Oc1ccc(S(=O)(=O)c2ccc(CCNC[C@@H](O)c3cccc(Cl)c3)cn2)cc1. The quantitative estimate of drug-likeness (QED) is 0.278. The van der Waals surface area contributed by atoms with Crippen LogP contribution < -0.4 is 10.1 Å². The second-order valence-electron chi connectivity index (χ2n) is 7.10. The molecule has 0 aliphatic heterocycles. The molecule has 0 bridgehead atoms. The van der Waals surface area contributed by atoms with Gasteiger partial charge in [-0.1, -0.05) is 29.8 Å². The zero-order valence-corrected chi connectivity index (χ0v) is 18.9. The Labute approximate surface area is 192 Å².